The van der Waals surface area contributed by atoms with Gasteiger partial charge in [0.15, 0.2) is 0 Å². The molecule has 0 aliphatic heterocycles. The predicted octanol–water partition coefficient (Wildman–Crippen LogP) is 2.66. The normalized spacial score (nSPS) is 19.9. The molecule has 0 unspecified atom stereocenters. The third-order valence-electron chi connectivity index (χ3n) is 1.92. The number of hydrogen-bond acceptors (Lipinski definition) is 1. The first-order valence-electron chi connectivity index (χ1n) is 3.30. The van der Waals surface area contributed by atoms with Gasteiger partial charge in [0.1, 0.15) is 0 Å². The van der Waals surface area contributed by atoms with Crippen LogP contribution >= 0.6 is 11.3 Å². The van der Waals surface area contributed by atoms with E-state index in [0.717, 1.165) is 12.8 Å². The maximum Gasteiger partial charge on any atom is 0.267 e. The summed E-state index contributed by atoms with van der Waals surface area (Å²) in [5, 5.41) is 2.04. The minimum absolute atomic E-state index is 0.0752. The summed E-state index contributed by atoms with van der Waals surface area (Å²) in [5.41, 5.74) is -0.0752. The van der Waals surface area contributed by atoms with E-state index in [-0.39, 0.29) is 5.54 Å². The highest BCUT2D eigenvalue weighted by atomic mass is 32.1. The van der Waals surface area contributed by atoms with Crippen LogP contribution in [0.1, 0.15) is 17.7 Å². The molecule has 1 fully saturated rings. The Kier molecular flexibility index (Phi) is 1.09. The minimum atomic E-state index is -0.0752. The molecular formula is C8H7NS. The average Bonchev–Trinajstić information content (AvgIpc) is 2.58. The summed E-state index contributed by atoms with van der Waals surface area (Å²) in [6.07, 6.45) is 2.13. The Morgan fingerprint density at radius 1 is 1.60 bits per heavy atom. The Morgan fingerprint density at radius 3 is 2.80 bits per heavy atom. The lowest BCUT2D eigenvalue weighted by atomic mass is 10.2. The largest absolute Gasteiger partial charge is 0.304 e. The van der Waals surface area contributed by atoms with Gasteiger partial charge in [-0.25, -0.2) is 6.57 Å². The van der Waals surface area contributed by atoms with Crippen molar-refractivity contribution >= 4 is 11.3 Å². The smallest absolute Gasteiger partial charge is 0.267 e. The van der Waals surface area contributed by atoms with Crippen LogP contribution in [0.4, 0.5) is 0 Å². The van der Waals surface area contributed by atoms with E-state index in [1.807, 2.05) is 11.4 Å². The van der Waals surface area contributed by atoms with Crippen LogP contribution in [0.15, 0.2) is 17.5 Å². The number of thiophene rings is 1. The van der Waals surface area contributed by atoms with E-state index in [1.165, 1.54) is 4.88 Å². The van der Waals surface area contributed by atoms with Crippen molar-refractivity contribution in [2.75, 3.05) is 0 Å². The van der Waals surface area contributed by atoms with Crippen molar-refractivity contribution in [1.29, 1.82) is 0 Å². The Balaban J connectivity index is 2.38. The highest BCUT2D eigenvalue weighted by molar-refractivity contribution is 7.10. The van der Waals surface area contributed by atoms with Crippen LogP contribution in [0, 0.1) is 6.57 Å². The lowest BCUT2D eigenvalue weighted by molar-refractivity contribution is 0.912. The molecule has 0 N–H and O–H groups in total. The molecule has 0 radical (unpaired) electrons. The minimum Gasteiger partial charge on any atom is -0.304 e. The van der Waals surface area contributed by atoms with Crippen LogP contribution in [0.25, 0.3) is 4.85 Å². The van der Waals surface area contributed by atoms with Gasteiger partial charge in [-0.1, -0.05) is 6.07 Å². The van der Waals surface area contributed by atoms with Gasteiger partial charge in [-0.15, -0.1) is 11.3 Å². The molecule has 0 atom stereocenters. The van der Waals surface area contributed by atoms with Crippen LogP contribution in [0.3, 0.4) is 0 Å². The molecule has 0 aromatic carbocycles. The van der Waals surface area contributed by atoms with Crippen molar-refractivity contribution in [3.63, 3.8) is 0 Å². The van der Waals surface area contributed by atoms with Crippen LogP contribution in [0.5, 0.6) is 0 Å². The van der Waals surface area contributed by atoms with Gasteiger partial charge in [-0.2, -0.15) is 0 Å². The van der Waals surface area contributed by atoms with E-state index < -0.39 is 0 Å². The summed E-state index contributed by atoms with van der Waals surface area (Å²) >= 11 is 1.70. The molecule has 1 heterocycles. The van der Waals surface area contributed by atoms with Crippen molar-refractivity contribution in [2.45, 2.75) is 18.4 Å². The van der Waals surface area contributed by atoms with Crippen LogP contribution in [-0.2, 0) is 5.54 Å². The van der Waals surface area contributed by atoms with Crippen LogP contribution < -0.4 is 0 Å². The zero-order valence-corrected chi connectivity index (χ0v) is 6.32. The van der Waals surface area contributed by atoms with Gasteiger partial charge >= 0.3 is 0 Å². The van der Waals surface area contributed by atoms with Crippen LogP contribution in [0.2, 0.25) is 0 Å². The van der Waals surface area contributed by atoms with E-state index in [0.29, 0.717) is 0 Å². The molecule has 1 saturated carbocycles. The van der Waals surface area contributed by atoms with Gasteiger partial charge in [-0.05, 0) is 11.4 Å². The standard InChI is InChI=1S/C8H7NS/c1-9-8(4-5-8)7-3-2-6-10-7/h2-3,6H,4-5H2. The van der Waals surface area contributed by atoms with E-state index in [4.69, 9.17) is 6.57 Å². The highest BCUT2D eigenvalue weighted by Gasteiger charge is 2.53. The summed E-state index contributed by atoms with van der Waals surface area (Å²) in [5.74, 6) is 0. The molecule has 0 amide bonds. The Hall–Kier alpha value is -0.810. The second-order valence-corrected chi connectivity index (χ2v) is 3.57. The second-order valence-electron chi connectivity index (χ2n) is 2.62. The zero-order chi connectivity index (χ0) is 7.03. The molecule has 0 bridgehead atoms. The van der Waals surface area contributed by atoms with Gasteiger partial charge in [0, 0.05) is 12.8 Å². The summed E-state index contributed by atoms with van der Waals surface area (Å²) in [4.78, 5) is 4.89. The fourth-order valence-corrected chi connectivity index (χ4v) is 2.01. The molecule has 0 saturated heterocycles. The molecule has 10 heavy (non-hydrogen) atoms. The second kappa shape index (κ2) is 1.83. The zero-order valence-electron chi connectivity index (χ0n) is 5.50. The highest BCUT2D eigenvalue weighted by Crippen LogP contribution is 2.51. The first-order chi connectivity index (χ1) is 4.87. The van der Waals surface area contributed by atoms with E-state index in [9.17, 15) is 0 Å². The van der Waals surface area contributed by atoms with Crippen molar-refractivity contribution in [1.82, 2.24) is 0 Å². The Morgan fingerprint density at radius 2 is 2.40 bits per heavy atom. The van der Waals surface area contributed by atoms with Gasteiger partial charge < -0.3 is 4.85 Å². The fraction of sp³-hybridized carbons (Fsp3) is 0.375. The molecular weight excluding hydrogens is 142 g/mol. The first-order valence-corrected chi connectivity index (χ1v) is 4.18. The van der Waals surface area contributed by atoms with Gasteiger partial charge in [0.2, 0.25) is 0 Å². The maximum absolute atomic E-state index is 6.98. The summed E-state index contributed by atoms with van der Waals surface area (Å²) in [6.45, 7) is 6.98. The lowest BCUT2D eigenvalue weighted by Gasteiger charge is -1.94. The molecule has 50 valence electrons. The summed E-state index contributed by atoms with van der Waals surface area (Å²) in [6, 6.07) is 4.08. The quantitative estimate of drug-likeness (QED) is 0.541. The molecule has 0 spiro atoms. The average molecular weight is 149 g/mol. The number of hydrogen-bond donors (Lipinski definition) is 0. The third kappa shape index (κ3) is 0.676. The van der Waals surface area contributed by atoms with E-state index in [1.54, 1.807) is 11.3 Å². The van der Waals surface area contributed by atoms with Crippen LogP contribution in [-0.4, -0.2) is 0 Å². The summed E-state index contributed by atoms with van der Waals surface area (Å²) in [7, 11) is 0. The molecule has 1 nitrogen and oxygen atoms in total. The Labute approximate surface area is 64.1 Å². The SMILES string of the molecule is [C-]#[N+]C1(c2cccs2)CC1. The number of nitrogens with zero attached hydrogens (tertiary/aromatic N) is 1. The fourth-order valence-electron chi connectivity index (χ4n) is 1.08. The monoisotopic (exact) mass is 149 g/mol. The molecule has 1 aromatic heterocycles. The molecule has 1 aromatic rings. The Bertz CT molecular complexity index is 264. The number of rotatable bonds is 1. The lowest BCUT2D eigenvalue weighted by Crippen LogP contribution is -1.93. The molecule has 2 heteroatoms. The predicted molar refractivity (Wildman–Crippen MR) is 41.8 cm³/mol. The molecule has 1 aliphatic rings. The summed E-state index contributed by atoms with van der Waals surface area (Å²) < 4.78 is 0. The van der Waals surface area contributed by atoms with Gasteiger partial charge in [0.25, 0.3) is 5.54 Å². The van der Waals surface area contributed by atoms with Gasteiger partial charge in [-0.3, -0.25) is 0 Å². The van der Waals surface area contributed by atoms with Crippen molar-refractivity contribution < 1.29 is 0 Å². The maximum atomic E-state index is 6.98. The first kappa shape index (κ1) is 5.94. The molecule has 1 aliphatic carbocycles. The van der Waals surface area contributed by atoms with E-state index >= 15 is 0 Å². The third-order valence-corrected chi connectivity index (χ3v) is 2.98. The van der Waals surface area contributed by atoms with Crippen molar-refractivity contribution in [3.8, 4) is 0 Å². The van der Waals surface area contributed by atoms with E-state index in [2.05, 4.69) is 10.9 Å². The topological polar surface area (TPSA) is 4.36 Å². The van der Waals surface area contributed by atoms with Gasteiger partial charge in [0.05, 0.1) is 4.88 Å². The van der Waals surface area contributed by atoms with Crippen molar-refractivity contribution in [2.24, 2.45) is 0 Å². The molecule has 2 rings (SSSR count). The van der Waals surface area contributed by atoms with Crippen molar-refractivity contribution in [3.05, 3.63) is 33.8 Å².